The van der Waals surface area contributed by atoms with E-state index in [4.69, 9.17) is 9.15 Å². The SMILES string of the molecule is CC1(c2ccco2)NCCO1.Cl. The van der Waals surface area contributed by atoms with Gasteiger partial charge >= 0.3 is 0 Å². The van der Waals surface area contributed by atoms with Crippen LogP contribution in [-0.2, 0) is 10.5 Å². The minimum Gasteiger partial charge on any atom is -0.465 e. The van der Waals surface area contributed by atoms with Crippen molar-refractivity contribution in [2.24, 2.45) is 0 Å². The van der Waals surface area contributed by atoms with Crippen LogP contribution >= 0.6 is 12.4 Å². The van der Waals surface area contributed by atoms with Crippen molar-refractivity contribution in [2.45, 2.75) is 12.6 Å². The number of halogens is 1. The summed E-state index contributed by atoms with van der Waals surface area (Å²) in [5.74, 6) is 0.843. The minimum absolute atomic E-state index is 0. The Labute approximate surface area is 77.5 Å². The molecule has 0 aromatic carbocycles. The highest BCUT2D eigenvalue weighted by Crippen LogP contribution is 2.25. The van der Waals surface area contributed by atoms with Gasteiger partial charge in [0.1, 0.15) is 5.76 Å². The quantitative estimate of drug-likeness (QED) is 0.727. The number of ether oxygens (including phenoxy) is 1. The molecule has 0 saturated carbocycles. The summed E-state index contributed by atoms with van der Waals surface area (Å²) in [6.45, 7) is 3.60. The summed E-state index contributed by atoms with van der Waals surface area (Å²) >= 11 is 0. The predicted octanol–water partition coefficient (Wildman–Crippen LogP) is 1.49. The summed E-state index contributed by atoms with van der Waals surface area (Å²) in [4.78, 5) is 0. The van der Waals surface area contributed by atoms with E-state index < -0.39 is 5.72 Å². The average Bonchev–Trinajstić information content (AvgIpc) is 2.55. The average molecular weight is 190 g/mol. The summed E-state index contributed by atoms with van der Waals surface area (Å²) in [6, 6.07) is 3.78. The minimum atomic E-state index is -0.399. The Hall–Kier alpha value is -0.510. The van der Waals surface area contributed by atoms with Crippen LogP contribution in [0.5, 0.6) is 0 Å². The first kappa shape index (κ1) is 9.58. The van der Waals surface area contributed by atoms with E-state index in [2.05, 4.69) is 5.32 Å². The largest absolute Gasteiger partial charge is 0.465 e. The first-order valence-electron chi connectivity index (χ1n) is 3.74. The Kier molecular flexibility index (Phi) is 2.77. The molecule has 2 heterocycles. The van der Waals surface area contributed by atoms with Gasteiger partial charge in [0, 0.05) is 6.54 Å². The number of furan rings is 1. The summed E-state index contributed by atoms with van der Waals surface area (Å²) in [7, 11) is 0. The van der Waals surface area contributed by atoms with Crippen LogP contribution in [0.15, 0.2) is 22.8 Å². The van der Waals surface area contributed by atoms with Gasteiger partial charge in [-0.3, -0.25) is 5.32 Å². The van der Waals surface area contributed by atoms with E-state index in [0.29, 0.717) is 0 Å². The van der Waals surface area contributed by atoms with Crippen molar-refractivity contribution in [3.05, 3.63) is 24.2 Å². The highest BCUT2D eigenvalue weighted by atomic mass is 35.5. The fourth-order valence-electron chi connectivity index (χ4n) is 1.30. The summed E-state index contributed by atoms with van der Waals surface area (Å²) < 4.78 is 10.7. The second-order valence-corrected chi connectivity index (χ2v) is 2.79. The molecule has 1 saturated heterocycles. The maximum absolute atomic E-state index is 5.48. The van der Waals surface area contributed by atoms with Crippen LogP contribution in [0.25, 0.3) is 0 Å². The molecular weight excluding hydrogens is 178 g/mol. The topological polar surface area (TPSA) is 34.4 Å². The van der Waals surface area contributed by atoms with Crippen LogP contribution in [0.3, 0.4) is 0 Å². The predicted molar refractivity (Wildman–Crippen MR) is 47.3 cm³/mol. The molecule has 1 aromatic rings. The normalized spacial score (nSPS) is 28.4. The Morgan fingerprint density at radius 1 is 1.58 bits per heavy atom. The van der Waals surface area contributed by atoms with Crippen LogP contribution in [0, 0.1) is 0 Å². The van der Waals surface area contributed by atoms with Crippen LogP contribution in [-0.4, -0.2) is 13.2 Å². The van der Waals surface area contributed by atoms with Crippen LogP contribution < -0.4 is 5.32 Å². The van der Waals surface area contributed by atoms with E-state index >= 15 is 0 Å². The van der Waals surface area contributed by atoms with Crippen molar-refractivity contribution in [1.82, 2.24) is 5.32 Å². The lowest BCUT2D eigenvalue weighted by Gasteiger charge is -2.20. The van der Waals surface area contributed by atoms with Gasteiger partial charge in [0.2, 0.25) is 0 Å². The number of nitrogens with one attached hydrogen (secondary N) is 1. The lowest BCUT2D eigenvalue weighted by molar-refractivity contribution is -0.0152. The molecule has 0 spiro atoms. The van der Waals surface area contributed by atoms with E-state index in [1.807, 2.05) is 19.1 Å². The molecule has 1 aliphatic heterocycles. The van der Waals surface area contributed by atoms with Gasteiger partial charge in [-0.05, 0) is 19.1 Å². The number of hydrogen-bond acceptors (Lipinski definition) is 3. The molecule has 2 rings (SSSR count). The molecule has 1 atom stereocenters. The smallest absolute Gasteiger partial charge is 0.175 e. The maximum atomic E-state index is 5.48. The molecule has 1 fully saturated rings. The highest BCUT2D eigenvalue weighted by Gasteiger charge is 2.33. The van der Waals surface area contributed by atoms with E-state index in [1.165, 1.54) is 0 Å². The van der Waals surface area contributed by atoms with E-state index in [9.17, 15) is 0 Å². The molecule has 1 aromatic heterocycles. The molecule has 0 amide bonds. The molecule has 1 aliphatic rings. The van der Waals surface area contributed by atoms with Gasteiger partial charge in [0.25, 0.3) is 0 Å². The molecule has 4 heteroatoms. The first-order valence-corrected chi connectivity index (χ1v) is 3.74. The Balaban J connectivity index is 0.000000720. The number of hydrogen-bond donors (Lipinski definition) is 1. The van der Waals surface area contributed by atoms with Gasteiger partial charge in [-0.2, -0.15) is 0 Å². The van der Waals surface area contributed by atoms with Gasteiger partial charge in [-0.15, -0.1) is 12.4 Å². The molecule has 0 bridgehead atoms. The van der Waals surface area contributed by atoms with Crippen LogP contribution in [0.4, 0.5) is 0 Å². The van der Waals surface area contributed by atoms with Gasteiger partial charge in [0.15, 0.2) is 5.72 Å². The fraction of sp³-hybridized carbons (Fsp3) is 0.500. The van der Waals surface area contributed by atoms with Crippen molar-refractivity contribution in [3.63, 3.8) is 0 Å². The molecule has 3 nitrogen and oxygen atoms in total. The van der Waals surface area contributed by atoms with Crippen molar-refractivity contribution in [2.75, 3.05) is 13.2 Å². The van der Waals surface area contributed by atoms with Crippen LogP contribution in [0.2, 0.25) is 0 Å². The zero-order chi connectivity index (χ0) is 7.73. The first-order chi connectivity index (χ1) is 5.31. The lowest BCUT2D eigenvalue weighted by atomic mass is 10.2. The zero-order valence-electron chi connectivity index (χ0n) is 6.87. The lowest BCUT2D eigenvalue weighted by Crippen LogP contribution is -2.33. The second kappa shape index (κ2) is 3.47. The third-order valence-electron chi connectivity index (χ3n) is 1.95. The molecule has 0 aliphatic carbocycles. The van der Waals surface area contributed by atoms with Crippen molar-refractivity contribution in [1.29, 1.82) is 0 Å². The highest BCUT2D eigenvalue weighted by molar-refractivity contribution is 5.85. The van der Waals surface area contributed by atoms with Gasteiger partial charge < -0.3 is 9.15 Å². The van der Waals surface area contributed by atoms with E-state index in [0.717, 1.165) is 18.9 Å². The van der Waals surface area contributed by atoms with E-state index in [-0.39, 0.29) is 12.4 Å². The van der Waals surface area contributed by atoms with Gasteiger partial charge in [-0.25, -0.2) is 0 Å². The molecule has 1 N–H and O–H groups in total. The van der Waals surface area contributed by atoms with Crippen molar-refractivity contribution >= 4 is 12.4 Å². The molecule has 1 unspecified atom stereocenters. The summed E-state index contributed by atoms with van der Waals surface area (Å²) in [5.41, 5.74) is -0.399. The monoisotopic (exact) mass is 189 g/mol. The van der Waals surface area contributed by atoms with Crippen molar-refractivity contribution in [3.8, 4) is 0 Å². The van der Waals surface area contributed by atoms with Crippen LogP contribution in [0.1, 0.15) is 12.7 Å². The molecule has 0 radical (unpaired) electrons. The summed E-state index contributed by atoms with van der Waals surface area (Å²) in [6.07, 6.45) is 1.66. The Morgan fingerprint density at radius 2 is 2.42 bits per heavy atom. The maximum Gasteiger partial charge on any atom is 0.175 e. The number of rotatable bonds is 1. The standard InChI is InChI=1S/C8H11NO2.ClH/c1-8(9-4-6-11-8)7-3-2-5-10-7;/h2-3,5,9H,4,6H2,1H3;1H. The Morgan fingerprint density at radius 3 is 2.92 bits per heavy atom. The van der Waals surface area contributed by atoms with E-state index in [1.54, 1.807) is 6.26 Å². The Bertz CT molecular complexity index is 229. The van der Waals surface area contributed by atoms with Gasteiger partial charge in [0.05, 0.1) is 12.9 Å². The second-order valence-electron chi connectivity index (χ2n) is 2.79. The van der Waals surface area contributed by atoms with Crippen molar-refractivity contribution < 1.29 is 9.15 Å². The van der Waals surface area contributed by atoms with Gasteiger partial charge in [-0.1, -0.05) is 0 Å². The molecule has 68 valence electrons. The zero-order valence-corrected chi connectivity index (χ0v) is 7.69. The third kappa shape index (κ3) is 1.48. The fourth-order valence-corrected chi connectivity index (χ4v) is 1.30. The molecule has 12 heavy (non-hydrogen) atoms. The summed E-state index contributed by atoms with van der Waals surface area (Å²) in [5, 5.41) is 3.22. The molecular formula is C8H12ClNO2. The third-order valence-corrected chi connectivity index (χ3v) is 1.95.